The van der Waals surface area contributed by atoms with E-state index in [9.17, 15) is 0 Å². The molecule has 3 atom stereocenters. The summed E-state index contributed by atoms with van der Waals surface area (Å²) in [6, 6.07) is 10.9. The molecule has 3 heteroatoms. The number of nitrogens with zero attached hydrogens (tertiary/aromatic N) is 1. The van der Waals surface area contributed by atoms with Crippen LogP contribution >= 0.6 is 23.4 Å². The molecule has 2 aliphatic heterocycles. The lowest BCUT2D eigenvalue weighted by Gasteiger charge is -2.43. The summed E-state index contributed by atoms with van der Waals surface area (Å²) in [5, 5.41) is 1.48. The first kappa shape index (κ1) is 12.7. The first-order valence-corrected chi connectivity index (χ1v) is 8.50. The van der Waals surface area contributed by atoms with Crippen LogP contribution in [-0.4, -0.2) is 17.2 Å². The molecule has 1 aromatic rings. The molecule has 4 rings (SSSR count). The van der Waals surface area contributed by atoms with Crippen molar-refractivity contribution in [3.8, 4) is 0 Å². The minimum absolute atomic E-state index is 0.152. The fraction of sp³-hybridized carbons (Fsp3) is 0.353. The van der Waals surface area contributed by atoms with E-state index in [1.807, 2.05) is 0 Å². The summed E-state index contributed by atoms with van der Waals surface area (Å²) in [5.41, 5.74) is 2.79. The Morgan fingerprint density at radius 2 is 2.10 bits per heavy atom. The normalized spacial score (nSPS) is 35.0. The second kappa shape index (κ2) is 4.78. The molecule has 1 saturated heterocycles. The van der Waals surface area contributed by atoms with Crippen LogP contribution in [0.15, 0.2) is 58.2 Å². The standard InChI is InChI=1S/C17H16ClNS/c18-13-6-8-17-14(12-4-2-1-3-5-12)11-20-16(17)7-9-19-15(17)10-13/h1-6,9-10,14,16H,7-8,11H2. The molecule has 0 amide bonds. The number of halogens is 1. The predicted octanol–water partition coefficient (Wildman–Crippen LogP) is 4.76. The highest BCUT2D eigenvalue weighted by Crippen LogP contribution is 2.62. The fourth-order valence-electron chi connectivity index (χ4n) is 3.81. The van der Waals surface area contributed by atoms with E-state index in [4.69, 9.17) is 16.6 Å². The molecule has 102 valence electrons. The Morgan fingerprint density at radius 1 is 1.25 bits per heavy atom. The van der Waals surface area contributed by atoms with Crippen molar-refractivity contribution in [2.45, 2.75) is 24.0 Å². The molecule has 1 nitrogen and oxygen atoms in total. The fourth-order valence-corrected chi connectivity index (χ4v) is 5.80. The predicted molar refractivity (Wildman–Crippen MR) is 87.6 cm³/mol. The van der Waals surface area contributed by atoms with Crippen LogP contribution in [0.3, 0.4) is 0 Å². The van der Waals surface area contributed by atoms with Gasteiger partial charge in [0.25, 0.3) is 0 Å². The van der Waals surface area contributed by atoms with E-state index in [1.54, 1.807) is 0 Å². The van der Waals surface area contributed by atoms with Gasteiger partial charge in [0.1, 0.15) is 0 Å². The van der Waals surface area contributed by atoms with Crippen LogP contribution in [0, 0.1) is 5.41 Å². The average molecular weight is 302 g/mol. The summed E-state index contributed by atoms with van der Waals surface area (Å²) in [6.45, 7) is 0. The number of allylic oxidation sites excluding steroid dienone is 4. The summed E-state index contributed by atoms with van der Waals surface area (Å²) in [5.74, 6) is 1.73. The minimum atomic E-state index is 0.152. The Hall–Kier alpha value is -0.990. The summed E-state index contributed by atoms with van der Waals surface area (Å²) < 4.78 is 0. The van der Waals surface area contributed by atoms with E-state index in [-0.39, 0.29) is 5.41 Å². The highest BCUT2D eigenvalue weighted by molar-refractivity contribution is 8.00. The average Bonchev–Trinajstić information content (AvgIpc) is 2.86. The van der Waals surface area contributed by atoms with Crippen LogP contribution in [-0.2, 0) is 0 Å². The monoisotopic (exact) mass is 301 g/mol. The van der Waals surface area contributed by atoms with Gasteiger partial charge in [0.05, 0.1) is 0 Å². The topological polar surface area (TPSA) is 12.4 Å². The minimum Gasteiger partial charge on any atom is -0.265 e. The molecule has 1 aliphatic carbocycles. The Bertz CT molecular complexity index is 619. The van der Waals surface area contributed by atoms with Crippen molar-refractivity contribution in [3.05, 3.63) is 58.8 Å². The Morgan fingerprint density at radius 3 is 2.95 bits per heavy atom. The third-order valence-electron chi connectivity index (χ3n) is 4.80. The number of hydrogen-bond acceptors (Lipinski definition) is 2. The third kappa shape index (κ3) is 1.74. The zero-order chi connectivity index (χ0) is 13.6. The van der Waals surface area contributed by atoms with Gasteiger partial charge in [0, 0.05) is 39.3 Å². The van der Waals surface area contributed by atoms with E-state index in [0.717, 1.165) is 17.9 Å². The largest absolute Gasteiger partial charge is 0.265 e. The highest BCUT2D eigenvalue weighted by atomic mass is 35.5. The molecule has 1 spiro atoms. The molecular weight excluding hydrogens is 286 g/mol. The second-order valence-electron chi connectivity index (χ2n) is 5.70. The van der Waals surface area contributed by atoms with Gasteiger partial charge in [0.2, 0.25) is 0 Å². The SMILES string of the molecule is ClC1=CCC23C(=C1)N=CCC2SCC3c1ccccc1. The molecule has 0 aromatic heterocycles. The number of hydrogen-bond donors (Lipinski definition) is 0. The van der Waals surface area contributed by atoms with E-state index in [2.05, 4.69) is 60.5 Å². The maximum absolute atomic E-state index is 6.22. The molecule has 0 radical (unpaired) electrons. The highest BCUT2D eigenvalue weighted by Gasteiger charge is 2.54. The lowest BCUT2D eigenvalue weighted by Crippen LogP contribution is -2.39. The van der Waals surface area contributed by atoms with Crippen LogP contribution in [0.25, 0.3) is 0 Å². The zero-order valence-electron chi connectivity index (χ0n) is 11.1. The van der Waals surface area contributed by atoms with Crippen LogP contribution in [0.2, 0.25) is 0 Å². The lowest BCUT2D eigenvalue weighted by atomic mass is 9.63. The number of thioether (sulfide) groups is 1. The molecular formula is C17H16ClNS. The smallest absolute Gasteiger partial charge is 0.0496 e. The van der Waals surface area contributed by atoms with E-state index >= 15 is 0 Å². The van der Waals surface area contributed by atoms with Crippen molar-refractivity contribution < 1.29 is 0 Å². The summed E-state index contributed by atoms with van der Waals surface area (Å²) >= 11 is 8.32. The zero-order valence-corrected chi connectivity index (χ0v) is 12.7. The number of aliphatic imine (C=N–C) groups is 1. The maximum atomic E-state index is 6.22. The van der Waals surface area contributed by atoms with Crippen molar-refractivity contribution >= 4 is 29.6 Å². The summed E-state index contributed by atoms with van der Waals surface area (Å²) in [7, 11) is 0. The molecule has 2 heterocycles. The third-order valence-corrected chi connectivity index (χ3v) is 6.60. The van der Waals surface area contributed by atoms with Gasteiger partial charge in [-0.3, -0.25) is 4.99 Å². The van der Waals surface area contributed by atoms with Crippen LogP contribution in [0.1, 0.15) is 24.3 Å². The van der Waals surface area contributed by atoms with Crippen LogP contribution in [0.5, 0.6) is 0 Å². The Labute approximate surface area is 128 Å². The first-order chi connectivity index (χ1) is 9.80. The summed E-state index contributed by atoms with van der Waals surface area (Å²) in [6.07, 6.45) is 8.43. The molecule has 0 N–H and O–H groups in total. The molecule has 0 saturated carbocycles. The van der Waals surface area contributed by atoms with E-state index in [0.29, 0.717) is 11.2 Å². The van der Waals surface area contributed by atoms with Crippen LogP contribution < -0.4 is 0 Å². The van der Waals surface area contributed by atoms with Gasteiger partial charge < -0.3 is 0 Å². The summed E-state index contributed by atoms with van der Waals surface area (Å²) in [4.78, 5) is 4.71. The van der Waals surface area contributed by atoms with Gasteiger partial charge >= 0.3 is 0 Å². The van der Waals surface area contributed by atoms with Gasteiger partial charge in [0.15, 0.2) is 0 Å². The van der Waals surface area contributed by atoms with Gasteiger partial charge in [-0.2, -0.15) is 11.8 Å². The molecule has 0 bridgehead atoms. The number of benzene rings is 1. The molecule has 3 aliphatic rings. The number of rotatable bonds is 1. The Kier molecular flexibility index (Phi) is 3.04. The van der Waals surface area contributed by atoms with Gasteiger partial charge in [-0.15, -0.1) is 0 Å². The second-order valence-corrected chi connectivity index (χ2v) is 7.37. The van der Waals surface area contributed by atoms with Crippen molar-refractivity contribution in [1.29, 1.82) is 0 Å². The van der Waals surface area contributed by atoms with Crippen molar-refractivity contribution in [3.63, 3.8) is 0 Å². The van der Waals surface area contributed by atoms with Gasteiger partial charge in [-0.05, 0) is 24.5 Å². The van der Waals surface area contributed by atoms with Crippen molar-refractivity contribution in [2.75, 3.05) is 5.75 Å². The van der Waals surface area contributed by atoms with Gasteiger partial charge in [-0.25, -0.2) is 0 Å². The molecule has 3 unspecified atom stereocenters. The lowest BCUT2D eigenvalue weighted by molar-refractivity contribution is 0.297. The first-order valence-electron chi connectivity index (χ1n) is 7.07. The van der Waals surface area contributed by atoms with Crippen molar-refractivity contribution in [2.24, 2.45) is 10.4 Å². The van der Waals surface area contributed by atoms with Gasteiger partial charge in [-0.1, -0.05) is 48.0 Å². The van der Waals surface area contributed by atoms with E-state index < -0.39 is 0 Å². The van der Waals surface area contributed by atoms with E-state index in [1.165, 1.54) is 17.0 Å². The Balaban J connectivity index is 1.84. The van der Waals surface area contributed by atoms with Crippen molar-refractivity contribution in [1.82, 2.24) is 0 Å². The molecule has 1 aromatic carbocycles. The quantitative estimate of drug-likeness (QED) is 0.728. The van der Waals surface area contributed by atoms with Crippen LogP contribution in [0.4, 0.5) is 0 Å². The molecule has 1 fully saturated rings. The maximum Gasteiger partial charge on any atom is 0.0496 e. The molecule has 20 heavy (non-hydrogen) atoms.